The van der Waals surface area contributed by atoms with Crippen LogP contribution in [0.15, 0.2) is 48.5 Å². The summed E-state index contributed by atoms with van der Waals surface area (Å²) < 4.78 is 0. The summed E-state index contributed by atoms with van der Waals surface area (Å²) in [6.45, 7) is 2.51. The molecule has 4 nitrogen and oxygen atoms in total. The number of phenols is 1. The molecular formula is C29H32N2O2. The van der Waals surface area contributed by atoms with Crippen molar-refractivity contribution >= 4 is 5.91 Å². The van der Waals surface area contributed by atoms with Crippen molar-refractivity contribution in [2.45, 2.75) is 62.4 Å². The monoisotopic (exact) mass is 440 g/mol. The molecule has 0 aromatic heterocycles. The van der Waals surface area contributed by atoms with E-state index in [4.69, 9.17) is 0 Å². The Hall–Kier alpha value is -2.33. The second-order valence-electron chi connectivity index (χ2n) is 12.1. The summed E-state index contributed by atoms with van der Waals surface area (Å²) in [6, 6.07) is 16.7. The van der Waals surface area contributed by atoms with Crippen LogP contribution >= 0.6 is 0 Å². The topological polar surface area (TPSA) is 52.6 Å². The molecule has 2 bridgehead atoms. The van der Waals surface area contributed by atoms with Gasteiger partial charge in [0.1, 0.15) is 5.75 Å². The fraction of sp³-hybridized carbons (Fsp3) is 0.552. The molecule has 5 fully saturated rings. The Labute approximate surface area is 195 Å². The Balaban J connectivity index is 1.20. The Kier molecular flexibility index (Phi) is 3.47. The second kappa shape index (κ2) is 6.02. The Bertz CT molecular complexity index is 1180. The number of carbonyl (C=O) groups is 1. The average Bonchev–Trinajstić information content (AvgIpc) is 3.66. The molecule has 2 aromatic rings. The van der Waals surface area contributed by atoms with Crippen LogP contribution in [0.1, 0.15) is 60.0 Å². The summed E-state index contributed by atoms with van der Waals surface area (Å²) in [5.74, 6) is 1.97. The van der Waals surface area contributed by atoms with Gasteiger partial charge in [0.2, 0.25) is 0 Å². The number of fused-ring (bicyclic) bond motifs is 2. The quantitative estimate of drug-likeness (QED) is 0.747. The maximum Gasteiger partial charge on any atom is 0.251 e. The van der Waals surface area contributed by atoms with Crippen LogP contribution in [-0.2, 0) is 11.8 Å². The summed E-state index contributed by atoms with van der Waals surface area (Å²) in [6.07, 6.45) is 8.77. The third kappa shape index (κ3) is 2.11. The number of hydrogen-bond donors (Lipinski definition) is 2. The van der Waals surface area contributed by atoms with Gasteiger partial charge < -0.3 is 10.4 Å². The van der Waals surface area contributed by atoms with Crippen LogP contribution < -0.4 is 5.32 Å². The van der Waals surface area contributed by atoms with Crippen molar-refractivity contribution < 1.29 is 9.90 Å². The van der Waals surface area contributed by atoms with E-state index in [0.717, 1.165) is 24.3 Å². The van der Waals surface area contributed by atoms with Crippen molar-refractivity contribution in [3.8, 4) is 5.75 Å². The van der Waals surface area contributed by atoms with Gasteiger partial charge in [-0.1, -0.05) is 24.3 Å². The van der Waals surface area contributed by atoms with Crippen molar-refractivity contribution in [3.63, 3.8) is 0 Å². The standard InChI is InChI=1S/C29H32N2O2/c32-22-10-8-20-13-27-17-31(16-18-6-7-18)25-11-9-21-14-29(25,27)28(27,23(20)12-22)15-24(21)30-26(33)19-4-2-1-3-5-19/h1-5,8,10,12,18,21,24-25,32H,6-7,9,11,13-17H2,(H,30,33). The Morgan fingerprint density at radius 2 is 1.91 bits per heavy atom. The molecule has 1 saturated heterocycles. The molecule has 5 aliphatic carbocycles. The molecule has 8 rings (SSSR count). The average molecular weight is 441 g/mol. The molecule has 33 heavy (non-hydrogen) atoms. The van der Waals surface area contributed by atoms with Gasteiger partial charge in [-0.2, -0.15) is 0 Å². The molecule has 170 valence electrons. The van der Waals surface area contributed by atoms with Gasteiger partial charge in [-0.05, 0) is 92.2 Å². The molecule has 6 unspecified atom stereocenters. The van der Waals surface area contributed by atoms with E-state index in [0.29, 0.717) is 28.5 Å². The number of aromatic hydroxyl groups is 1. The number of likely N-dealkylation sites (tertiary alicyclic amines) is 1. The number of piperidine rings is 1. The van der Waals surface area contributed by atoms with Crippen molar-refractivity contribution in [2.75, 3.05) is 13.1 Å². The van der Waals surface area contributed by atoms with Gasteiger partial charge in [0.15, 0.2) is 0 Å². The van der Waals surface area contributed by atoms with E-state index < -0.39 is 0 Å². The van der Waals surface area contributed by atoms with Crippen LogP contribution in [-0.4, -0.2) is 41.1 Å². The van der Waals surface area contributed by atoms with Crippen molar-refractivity contribution in [1.82, 2.24) is 10.2 Å². The number of amides is 1. The normalized spacial score (nSPS) is 41.8. The first kappa shape index (κ1) is 19.0. The molecule has 2 N–H and O–H groups in total. The minimum Gasteiger partial charge on any atom is -0.508 e. The fourth-order valence-electron chi connectivity index (χ4n) is 9.81. The third-order valence-corrected chi connectivity index (χ3v) is 10.9. The minimum atomic E-state index is 0.0689. The lowest BCUT2D eigenvalue weighted by atomic mass is 9.60. The predicted octanol–water partition coefficient (Wildman–Crippen LogP) is 4.27. The zero-order valence-corrected chi connectivity index (χ0v) is 19.1. The van der Waals surface area contributed by atoms with Gasteiger partial charge in [-0.25, -0.2) is 0 Å². The molecule has 4 heteroatoms. The van der Waals surface area contributed by atoms with Crippen LogP contribution in [0.25, 0.3) is 0 Å². The van der Waals surface area contributed by atoms with Crippen molar-refractivity contribution in [2.24, 2.45) is 22.7 Å². The highest BCUT2D eigenvalue weighted by Gasteiger charge is 2.95. The van der Waals surface area contributed by atoms with Crippen LogP contribution in [0, 0.1) is 22.7 Å². The zero-order valence-electron chi connectivity index (χ0n) is 19.1. The molecule has 1 heterocycles. The number of hydrogen-bond acceptors (Lipinski definition) is 3. The Morgan fingerprint density at radius 1 is 1.06 bits per heavy atom. The molecule has 0 radical (unpaired) electrons. The Morgan fingerprint density at radius 3 is 2.73 bits per heavy atom. The fourth-order valence-corrected chi connectivity index (χ4v) is 9.81. The first-order chi connectivity index (χ1) is 16.1. The number of nitrogens with zero attached hydrogens (tertiary/aromatic N) is 1. The van der Waals surface area contributed by atoms with E-state index in [1.165, 1.54) is 56.3 Å². The maximum absolute atomic E-state index is 13.2. The number of benzene rings is 2. The zero-order chi connectivity index (χ0) is 22.0. The smallest absolute Gasteiger partial charge is 0.251 e. The van der Waals surface area contributed by atoms with E-state index >= 15 is 0 Å². The molecular weight excluding hydrogens is 408 g/mol. The molecule has 3 spiro atoms. The van der Waals surface area contributed by atoms with Gasteiger partial charge in [0, 0.05) is 47.0 Å². The van der Waals surface area contributed by atoms with E-state index in [1.54, 1.807) is 0 Å². The number of rotatable bonds is 4. The minimum absolute atomic E-state index is 0.0689. The SMILES string of the molecule is O=C(NC1CC23c4cc(O)ccc4CC24CN(CC2CC2)C2CCC1CC243)c1ccccc1. The number of phenolic OH excluding ortho intramolecular Hbond substituents is 1. The molecule has 6 atom stereocenters. The molecule has 6 aliphatic rings. The first-order valence-corrected chi connectivity index (χ1v) is 13.0. The highest BCUT2D eigenvalue weighted by molar-refractivity contribution is 5.94. The van der Waals surface area contributed by atoms with Crippen LogP contribution in [0.4, 0.5) is 0 Å². The predicted molar refractivity (Wildman–Crippen MR) is 126 cm³/mol. The van der Waals surface area contributed by atoms with Gasteiger partial charge >= 0.3 is 0 Å². The first-order valence-electron chi connectivity index (χ1n) is 13.0. The highest BCUT2D eigenvalue weighted by Crippen LogP contribution is 2.93. The van der Waals surface area contributed by atoms with Gasteiger partial charge in [-0.3, -0.25) is 9.69 Å². The third-order valence-electron chi connectivity index (χ3n) is 10.9. The number of carbonyl (C=O) groups excluding carboxylic acids is 1. The summed E-state index contributed by atoms with van der Waals surface area (Å²) in [5, 5.41) is 14.0. The van der Waals surface area contributed by atoms with Crippen LogP contribution in [0.2, 0.25) is 0 Å². The lowest BCUT2D eigenvalue weighted by Gasteiger charge is -2.51. The summed E-state index contributed by atoms with van der Waals surface area (Å²) in [7, 11) is 0. The largest absolute Gasteiger partial charge is 0.508 e. The molecule has 1 aliphatic heterocycles. The van der Waals surface area contributed by atoms with E-state index in [-0.39, 0.29) is 17.4 Å². The van der Waals surface area contributed by atoms with E-state index in [1.807, 2.05) is 36.4 Å². The molecule has 1 amide bonds. The molecule has 2 aromatic carbocycles. The summed E-state index contributed by atoms with van der Waals surface area (Å²) in [5.41, 5.74) is 4.41. The second-order valence-corrected chi connectivity index (χ2v) is 12.1. The highest BCUT2D eigenvalue weighted by atomic mass is 16.3. The van der Waals surface area contributed by atoms with Crippen molar-refractivity contribution in [3.05, 3.63) is 65.2 Å². The van der Waals surface area contributed by atoms with Crippen LogP contribution in [0.3, 0.4) is 0 Å². The van der Waals surface area contributed by atoms with Crippen LogP contribution in [0.5, 0.6) is 5.75 Å². The summed E-state index contributed by atoms with van der Waals surface area (Å²) in [4.78, 5) is 16.1. The molecule has 4 saturated carbocycles. The van der Waals surface area contributed by atoms with Gasteiger partial charge in [0.25, 0.3) is 5.91 Å². The van der Waals surface area contributed by atoms with Crippen molar-refractivity contribution in [1.29, 1.82) is 0 Å². The van der Waals surface area contributed by atoms with E-state index in [9.17, 15) is 9.90 Å². The lowest BCUT2D eigenvalue weighted by Crippen LogP contribution is -2.56. The van der Waals surface area contributed by atoms with Gasteiger partial charge in [0.05, 0.1) is 0 Å². The lowest BCUT2D eigenvalue weighted by molar-refractivity contribution is 0.0311. The summed E-state index contributed by atoms with van der Waals surface area (Å²) >= 11 is 0. The number of nitrogens with one attached hydrogen (secondary N) is 1. The maximum atomic E-state index is 13.2. The van der Waals surface area contributed by atoms with E-state index in [2.05, 4.69) is 22.3 Å². The van der Waals surface area contributed by atoms with Gasteiger partial charge in [-0.15, -0.1) is 0 Å².